The van der Waals surface area contributed by atoms with Gasteiger partial charge in [0, 0.05) is 25.0 Å². The third-order valence-corrected chi connectivity index (χ3v) is 3.47. The van der Waals surface area contributed by atoms with Crippen LogP contribution in [0.25, 0.3) is 0 Å². The minimum atomic E-state index is 0.299. The Kier molecular flexibility index (Phi) is 4.95. The molecule has 0 aliphatic carbocycles. The highest BCUT2D eigenvalue weighted by molar-refractivity contribution is 7.13. The zero-order chi connectivity index (χ0) is 13.1. The normalized spacial score (nSPS) is 13.8. The van der Waals surface area contributed by atoms with E-state index in [1.165, 1.54) is 0 Å². The molecule has 0 saturated heterocycles. The van der Waals surface area contributed by atoms with Gasteiger partial charge >= 0.3 is 0 Å². The number of nitrogens with zero attached hydrogens (tertiary/aromatic N) is 2. The predicted molar refractivity (Wildman–Crippen MR) is 76.9 cm³/mol. The van der Waals surface area contributed by atoms with Crippen molar-refractivity contribution < 1.29 is 0 Å². The Morgan fingerprint density at radius 1 is 1.47 bits per heavy atom. The molecule has 0 aromatic carbocycles. The number of rotatable bonds is 5. The van der Waals surface area contributed by atoms with Gasteiger partial charge in [-0.1, -0.05) is 27.7 Å². The zero-order valence-electron chi connectivity index (χ0n) is 11.9. The van der Waals surface area contributed by atoms with Crippen molar-refractivity contribution in [1.29, 1.82) is 0 Å². The highest BCUT2D eigenvalue weighted by atomic mass is 32.1. The van der Waals surface area contributed by atoms with Gasteiger partial charge in [0.2, 0.25) is 0 Å². The van der Waals surface area contributed by atoms with Crippen molar-refractivity contribution in [2.24, 2.45) is 5.41 Å². The lowest BCUT2D eigenvalue weighted by molar-refractivity contribution is 0.418. The Morgan fingerprint density at radius 3 is 2.65 bits per heavy atom. The van der Waals surface area contributed by atoms with Crippen molar-refractivity contribution in [2.45, 2.75) is 40.7 Å². The van der Waals surface area contributed by atoms with Gasteiger partial charge in [0.05, 0.1) is 5.69 Å². The van der Waals surface area contributed by atoms with Gasteiger partial charge in [-0.05, 0) is 18.9 Å². The highest BCUT2D eigenvalue weighted by Gasteiger charge is 2.17. The maximum atomic E-state index is 4.69. The average molecular weight is 255 g/mol. The first-order valence-corrected chi connectivity index (χ1v) is 7.11. The topological polar surface area (TPSA) is 28.2 Å². The predicted octanol–water partition coefficient (Wildman–Crippen LogP) is 3.30. The molecule has 1 rings (SSSR count). The lowest BCUT2D eigenvalue weighted by Crippen LogP contribution is -2.29. The van der Waals surface area contributed by atoms with Crippen LogP contribution in [0, 0.1) is 5.41 Å². The molecule has 0 aliphatic heterocycles. The fourth-order valence-electron chi connectivity index (χ4n) is 1.84. The Balaban J connectivity index is 2.67. The van der Waals surface area contributed by atoms with Crippen LogP contribution < -0.4 is 10.2 Å². The van der Waals surface area contributed by atoms with Crippen LogP contribution in [0.3, 0.4) is 0 Å². The van der Waals surface area contributed by atoms with E-state index in [0.717, 1.165) is 23.9 Å². The summed E-state index contributed by atoms with van der Waals surface area (Å²) in [6.45, 7) is 13.0. The van der Waals surface area contributed by atoms with Crippen molar-refractivity contribution in [3.63, 3.8) is 0 Å². The van der Waals surface area contributed by atoms with Gasteiger partial charge in [-0.25, -0.2) is 4.98 Å². The summed E-state index contributed by atoms with van der Waals surface area (Å²) in [6, 6.07) is 0.341. The van der Waals surface area contributed by atoms with Crippen LogP contribution in [0.5, 0.6) is 0 Å². The first-order valence-electron chi connectivity index (χ1n) is 6.23. The van der Waals surface area contributed by atoms with Gasteiger partial charge in [-0.3, -0.25) is 0 Å². The number of hydrogen-bond donors (Lipinski definition) is 1. The van der Waals surface area contributed by atoms with Gasteiger partial charge in [-0.15, -0.1) is 11.3 Å². The number of aromatic nitrogens is 1. The zero-order valence-corrected chi connectivity index (χ0v) is 12.7. The molecule has 0 fully saturated rings. The van der Waals surface area contributed by atoms with E-state index in [2.05, 4.69) is 57.3 Å². The second-order valence-electron chi connectivity index (χ2n) is 5.75. The Morgan fingerprint density at radius 2 is 2.12 bits per heavy atom. The molecule has 0 spiro atoms. The monoisotopic (exact) mass is 255 g/mol. The average Bonchev–Trinajstić information content (AvgIpc) is 2.63. The summed E-state index contributed by atoms with van der Waals surface area (Å²) in [5.41, 5.74) is 1.45. The molecule has 98 valence electrons. The minimum Gasteiger partial charge on any atom is -0.351 e. The maximum Gasteiger partial charge on any atom is 0.185 e. The highest BCUT2D eigenvalue weighted by Crippen LogP contribution is 2.25. The van der Waals surface area contributed by atoms with Crippen LogP contribution in [0.2, 0.25) is 0 Å². The Bertz CT molecular complexity index is 341. The van der Waals surface area contributed by atoms with E-state index in [9.17, 15) is 0 Å². The van der Waals surface area contributed by atoms with Gasteiger partial charge in [0.25, 0.3) is 0 Å². The number of nitrogens with one attached hydrogen (secondary N) is 1. The molecule has 0 aliphatic rings. The first-order chi connectivity index (χ1) is 7.83. The van der Waals surface area contributed by atoms with E-state index in [1.807, 2.05) is 0 Å². The smallest absolute Gasteiger partial charge is 0.185 e. The van der Waals surface area contributed by atoms with Crippen LogP contribution in [-0.4, -0.2) is 25.1 Å². The van der Waals surface area contributed by atoms with Crippen molar-refractivity contribution in [3.8, 4) is 0 Å². The summed E-state index contributed by atoms with van der Waals surface area (Å²) < 4.78 is 0. The molecular formula is C13H25N3S. The summed E-state index contributed by atoms with van der Waals surface area (Å²) >= 11 is 1.73. The Labute approximate surface area is 109 Å². The molecule has 0 saturated carbocycles. The molecule has 1 aromatic rings. The quantitative estimate of drug-likeness (QED) is 0.875. The van der Waals surface area contributed by atoms with E-state index < -0.39 is 0 Å². The summed E-state index contributed by atoms with van der Waals surface area (Å²) in [7, 11) is 2.12. The van der Waals surface area contributed by atoms with Gasteiger partial charge in [-0.2, -0.15) is 0 Å². The molecule has 4 heteroatoms. The number of hydrogen-bond acceptors (Lipinski definition) is 4. The molecule has 1 aromatic heterocycles. The molecule has 1 N–H and O–H groups in total. The van der Waals surface area contributed by atoms with Crippen molar-refractivity contribution in [2.75, 3.05) is 25.0 Å². The summed E-state index contributed by atoms with van der Waals surface area (Å²) in [5, 5.41) is 6.65. The Hall–Kier alpha value is -0.610. The second-order valence-corrected chi connectivity index (χ2v) is 6.59. The van der Waals surface area contributed by atoms with Crippen LogP contribution in [0.1, 0.15) is 46.4 Å². The van der Waals surface area contributed by atoms with Crippen LogP contribution in [0.4, 0.5) is 5.13 Å². The van der Waals surface area contributed by atoms with Gasteiger partial charge in [0.15, 0.2) is 5.13 Å². The standard InChI is InChI=1S/C13H25N3S/c1-7-14-10(2)11-8-17-12(15-11)16(6)9-13(3,4)5/h8,10,14H,7,9H2,1-6H3. The molecule has 0 amide bonds. The molecule has 0 radical (unpaired) electrons. The van der Waals surface area contributed by atoms with Gasteiger partial charge in [0.1, 0.15) is 0 Å². The number of thiazole rings is 1. The molecule has 1 unspecified atom stereocenters. The van der Waals surface area contributed by atoms with E-state index in [-0.39, 0.29) is 0 Å². The molecule has 0 bridgehead atoms. The third-order valence-electron chi connectivity index (χ3n) is 2.50. The van der Waals surface area contributed by atoms with Gasteiger partial charge < -0.3 is 10.2 Å². The van der Waals surface area contributed by atoms with Crippen molar-refractivity contribution in [3.05, 3.63) is 11.1 Å². The largest absolute Gasteiger partial charge is 0.351 e. The first kappa shape index (κ1) is 14.5. The fraction of sp³-hybridized carbons (Fsp3) is 0.769. The van der Waals surface area contributed by atoms with E-state index >= 15 is 0 Å². The third kappa shape index (κ3) is 4.64. The molecule has 1 atom stereocenters. The summed E-state index contributed by atoms with van der Waals surface area (Å²) in [5.74, 6) is 0. The van der Waals surface area contributed by atoms with E-state index in [0.29, 0.717) is 11.5 Å². The van der Waals surface area contributed by atoms with Crippen molar-refractivity contribution >= 4 is 16.5 Å². The second kappa shape index (κ2) is 5.83. The lowest BCUT2D eigenvalue weighted by Gasteiger charge is -2.26. The molecule has 1 heterocycles. The van der Waals surface area contributed by atoms with E-state index in [1.54, 1.807) is 11.3 Å². The SMILES string of the molecule is CCNC(C)c1csc(N(C)CC(C)(C)C)n1. The number of anilines is 1. The van der Waals surface area contributed by atoms with Crippen LogP contribution in [0.15, 0.2) is 5.38 Å². The summed E-state index contributed by atoms with van der Waals surface area (Å²) in [6.07, 6.45) is 0. The van der Waals surface area contributed by atoms with Crippen molar-refractivity contribution in [1.82, 2.24) is 10.3 Å². The van der Waals surface area contributed by atoms with E-state index in [4.69, 9.17) is 4.98 Å². The molecular weight excluding hydrogens is 230 g/mol. The molecule has 3 nitrogen and oxygen atoms in total. The fourth-order valence-corrected chi connectivity index (χ4v) is 2.73. The van der Waals surface area contributed by atoms with Crippen LogP contribution in [-0.2, 0) is 0 Å². The molecule has 17 heavy (non-hydrogen) atoms. The minimum absolute atomic E-state index is 0.299. The summed E-state index contributed by atoms with van der Waals surface area (Å²) in [4.78, 5) is 6.94. The van der Waals surface area contributed by atoms with Crippen LogP contribution >= 0.6 is 11.3 Å². The maximum absolute atomic E-state index is 4.69. The lowest BCUT2D eigenvalue weighted by atomic mass is 9.96.